The van der Waals surface area contributed by atoms with E-state index in [1.807, 2.05) is 66.2 Å². The minimum Gasteiger partial charge on any atom is -0.348 e. The van der Waals surface area contributed by atoms with Gasteiger partial charge in [-0.15, -0.1) is 0 Å². The molecule has 1 aromatic heterocycles. The topological polar surface area (TPSA) is 38.1 Å². The fourth-order valence-electron chi connectivity index (χ4n) is 2.46. The maximum atomic E-state index is 12.6. The molecule has 0 saturated heterocycles. The number of aromatic nitrogens is 2. The molecule has 0 aliphatic rings. The number of nitrogens with zero attached hydrogens (tertiary/aromatic N) is 3. The van der Waals surface area contributed by atoms with Crippen molar-refractivity contribution in [2.24, 2.45) is 7.05 Å². The van der Waals surface area contributed by atoms with Crippen molar-refractivity contribution in [3.63, 3.8) is 0 Å². The Hall–Kier alpha value is -2.27. The molecule has 0 fully saturated rings. The average molecular weight is 325 g/mol. The number of rotatable bonds is 4. The average Bonchev–Trinajstić information content (AvgIpc) is 2.89. The van der Waals surface area contributed by atoms with Crippen LogP contribution in [0.15, 0.2) is 59.8 Å². The molecule has 3 aromatic rings. The lowest BCUT2D eigenvalue weighted by Crippen LogP contribution is -2.26. The van der Waals surface area contributed by atoms with Crippen LogP contribution in [0.3, 0.4) is 0 Å². The molecule has 0 saturated carbocycles. The number of aryl methyl sites for hydroxylation is 1. The lowest BCUT2D eigenvalue weighted by Gasteiger charge is -2.20. The minimum atomic E-state index is -0.304. The number of carbonyl (C=O) groups excluding carboxylic acids is 1. The molecule has 5 heteroatoms. The van der Waals surface area contributed by atoms with Crippen molar-refractivity contribution in [2.75, 3.05) is 14.1 Å². The molecule has 0 aliphatic carbocycles. The van der Waals surface area contributed by atoms with Crippen LogP contribution in [-0.4, -0.2) is 34.5 Å². The highest BCUT2D eigenvalue weighted by Gasteiger charge is 2.25. The minimum absolute atomic E-state index is 0.0632. The third-order valence-electron chi connectivity index (χ3n) is 3.74. The van der Waals surface area contributed by atoms with Gasteiger partial charge in [-0.2, -0.15) is 0 Å². The van der Waals surface area contributed by atoms with Crippen LogP contribution in [0, 0.1) is 0 Å². The summed E-state index contributed by atoms with van der Waals surface area (Å²) in [4.78, 5) is 18.9. The summed E-state index contributed by atoms with van der Waals surface area (Å²) in [5.74, 6) is 0.0632. The molecule has 2 aromatic carbocycles. The quantitative estimate of drug-likeness (QED) is 0.689. The molecule has 1 atom stereocenters. The van der Waals surface area contributed by atoms with Gasteiger partial charge in [-0.3, -0.25) is 4.79 Å². The first-order valence-corrected chi connectivity index (χ1v) is 8.30. The van der Waals surface area contributed by atoms with E-state index in [2.05, 4.69) is 4.98 Å². The summed E-state index contributed by atoms with van der Waals surface area (Å²) in [5, 5.41) is 0.539. The van der Waals surface area contributed by atoms with Crippen LogP contribution in [0.4, 0.5) is 0 Å². The first-order chi connectivity index (χ1) is 11.1. The monoisotopic (exact) mass is 325 g/mol. The Balaban J connectivity index is 2.00. The Morgan fingerprint density at radius 2 is 1.74 bits per heavy atom. The van der Waals surface area contributed by atoms with E-state index in [0.29, 0.717) is 0 Å². The Bertz CT molecular complexity index is 827. The molecule has 0 N–H and O–H groups in total. The summed E-state index contributed by atoms with van der Waals surface area (Å²) < 4.78 is 2.04. The summed E-state index contributed by atoms with van der Waals surface area (Å²) in [6, 6.07) is 17.9. The Morgan fingerprint density at radius 3 is 2.39 bits per heavy atom. The molecular weight excluding hydrogens is 306 g/mol. The number of likely N-dealkylation sites (N-methyl/N-ethyl adjacent to an activating group) is 1. The number of benzene rings is 2. The van der Waals surface area contributed by atoms with Gasteiger partial charge in [-0.05, 0) is 17.7 Å². The van der Waals surface area contributed by atoms with Gasteiger partial charge in [0.2, 0.25) is 5.91 Å². The van der Waals surface area contributed by atoms with Gasteiger partial charge in [-0.25, -0.2) is 4.98 Å². The summed E-state index contributed by atoms with van der Waals surface area (Å²) in [7, 11) is 5.56. The molecule has 0 radical (unpaired) electrons. The van der Waals surface area contributed by atoms with Gasteiger partial charge >= 0.3 is 0 Å². The third kappa shape index (κ3) is 3.10. The van der Waals surface area contributed by atoms with Crippen LogP contribution >= 0.6 is 11.8 Å². The maximum absolute atomic E-state index is 12.6. The summed E-state index contributed by atoms with van der Waals surface area (Å²) in [6.45, 7) is 0. The second kappa shape index (κ2) is 6.46. The highest BCUT2D eigenvalue weighted by atomic mass is 32.2. The summed E-state index contributed by atoms with van der Waals surface area (Å²) in [5.41, 5.74) is 3.00. The lowest BCUT2D eigenvalue weighted by atomic mass is 10.1. The van der Waals surface area contributed by atoms with Crippen LogP contribution < -0.4 is 0 Å². The van der Waals surface area contributed by atoms with E-state index in [-0.39, 0.29) is 11.2 Å². The number of amides is 1. The maximum Gasteiger partial charge on any atom is 0.240 e. The van der Waals surface area contributed by atoms with Gasteiger partial charge in [0, 0.05) is 21.1 Å². The summed E-state index contributed by atoms with van der Waals surface area (Å²) in [6.07, 6.45) is 0. The molecule has 0 aliphatic heterocycles. The van der Waals surface area contributed by atoms with Crippen LogP contribution in [0.25, 0.3) is 11.0 Å². The number of hydrogen-bond donors (Lipinski definition) is 0. The van der Waals surface area contributed by atoms with Gasteiger partial charge in [0.15, 0.2) is 5.16 Å². The molecule has 1 amide bonds. The van der Waals surface area contributed by atoms with E-state index < -0.39 is 0 Å². The van der Waals surface area contributed by atoms with Crippen LogP contribution in [-0.2, 0) is 11.8 Å². The standard InChI is InChI=1S/C18H19N3OS/c1-20(2)17(22)16(13-9-5-4-6-10-13)23-18-19-14-11-7-8-12-15(14)21(18)3/h4-12,16H,1-3H3. The highest BCUT2D eigenvalue weighted by molar-refractivity contribution is 8.00. The summed E-state index contributed by atoms with van der Waals surface area (Å²) >= 11 is 1.49. The fourth-order valence-corrected chi connectivity index (χ4v) is 3.68. The van der Waals surface area contributed by atoms with Crippen molar-refractivity contribution in [3.05, 3.63) is 60.2 Å². The molecule has 4 nitrogen and oxygen atoms in total. The van der Waals surface area contributed by atoms with E-state index in [0.717, 1.165) is 21.8 Å². The van der Waals surface area contributed by atoms with Crippen molar-refractivity contribution in [1.82, 2.24) is 14.5 Å². The number of carbonyl (C=O) groups is 1. The zero-order valence-corrected chi connectivity index (χ0v) is 14.2. The molecule has 1 heterocycles. The van der Waals surface area contributed by atoms with Crippen LogP contribution in [0.2, 0.25) is 0 Å². The van der Waals surface area contributed by atoms with Crippen molar-refractivity contribution >= 4 is 28.7 Å². The van der Waals surface area contributed by atoms with E-state index in [4.69, 9.17) is 0 Å². The lowest BCUT2D eigenvalue weighted by molar-refractivity contribution is -0.128. The zero-order valence-electron chi connectivity index (χ0n) is 13.4. The fraction of sp³-hybridized carbons (Fsp3) is 0.222. The number of thioether (sulfide) groups is 1. The third-order valence-corrected chi connectivity index (χ3v) is 5.02. The molecule has 0 spiro atoms. The molecule has 0 bridgehead atoms. The van der Waals surface area contributed by atoms with E-state index in [1.165, 1.54) is 11.8 Å². The van der Waals surface area contributed by atoms with Crippen molar-refractivity contribution in [1.29, 1.82) is 0 Å². The second-order valence-corrected chi connectivity index (χ2v) is 6.66. The van der Waals surface area contributed by atoms with Gasteiger partial charge in [0.1, 0.15) is 5.25 Å². The predicted octanol–water partition coefficient (Wildman–Crippen LogP) is 3.49. The zero-order chi connectivity index (χ0) is 16.4. The Labute approximate surface area is 140 Å². The normalized spacial score (nSPS) is 12.3. The molecule has 118 valence electrons. The van der Waals surface area contributed by atoms with Crippen molar-refractivity contribution in [3.8, 4) is 0 Å². The first kappa shape index (κ1) is 15.6. The van der Waals surface area contributed by atoms with Crippen molar-refractivity contribution in [2.45, 2.75) is 10.4 Å². The van der Waals surface area contributed by atoms with Gasteiger partial charge in [0.25, 0.3) is 0 Å². The molecule has 3 rings (SSSR count). The highest BCUT2D eigenvalue weighted by Crippen LogP contribution is 2.36. The Kier molecular flexibility index (Phi) is 4.39. The Morgan fingerprint density at radius 1 is 1.09 bits per heavy atom. The number of para-hydroxylation sites is 2. The molecular formula is C18H19N3OS. The van der Waals surface area contributed by atoms with Gasteiger partial charge in [-0.1, -0.05) is 54.2 Å². The van der Waals surface area contributed by atoms with Crippen LogP contribution in [0.1, 0.15) is 10.8 Å². The predicted molar refractivity (Wildman–Crippen MR) is 94.4 cm³/mol. The first-order valence-electron chi connectivity index (χ1n) is 7.42. The molecule has 23 heavy (non-hydrogen) atoms. The van der Waals surface area contributed by atoms with Gasteiger partial charge < -0.3 is 9.47 Å². The van der Waals surface area contributed by atoms with E-state index in [1.54, 1.807) is 19.0 Å². The number of imidazole rings is 1. The van der Waals surface area contributed by atoms with E-state index >= 15 is 0 Å². The largest absolute Gasteiger partial charge is 0.348 e. The van der Waals surface area contributed by atoms with Crippen LogP contribution in [0.5, 0.6) is 0 Å². The second-order valence-electron chi connectivity index (χ2n) is 5.58. The van der Waals surface area contributed by atoms with Crippen molar-refractivity contribution < 1.29 is 4.79 Å². The molecule has 1 unspecified atom stereocenters. The SMILES string of the molecule is CN(C)C(=O)C(Sc1nc2ccccc2n1C)c1ccccc1. The number of hydrogen-bond acceptors (Lipinski definition) is 3. The van der Waals surface area contributed by atoms with Gasteiger partial charge in [0.05, 0.1) is 11.0 Å². The number of fused-ring (bicyclic) bond motifs is 1. The van der Waals surface area contributed by atoms with E-state index in [9.17, 15) is 4.79 Å². The smallest absolute Gasteiger partial charge is 0.240 e.